The first kappa shape index (κ1) is 28.4. The van der Waals surface area contributed by atoms with Crippen LogP contribution in [0.1, 0.15) is 23.1 Å². The number of halogens is 1. The Balaban J connectivity index is 0.00000195. The van der Waals surface area contributed by atoms with Crippen LogP contribution in [0.3, 0.4) is 0 Å². The molecule has 0 aliphatic carbocycles. The largest absolute Gasteiger partial charge is 0.398 e. The fraction of sp³-hybridized carbons (Fsp3) is 0.241. The van der Waals surface area contributed by atoms with Gasteiger partial charge in [-0.3, -0.25) is 14.6 Å². The molecular weight excluding hydrogens is 496 g/mol. The molecule has 4 N–H and O–H groups in total. The second-order valence-corrected chi connectivity index (χ2v) is 9.05. The van der Waals surface area contributed by atoms with E-state index in [0.29, 0.717) is 12.3 Å². The molecule has 196 valence electrons. The summed E-state index contributed by atoms with van der Waals surface area (Å²) in [6.45, 7) is 7.75. The van der Waals surface area contributed by atoms with Gasteiger partial charge in [-0.15, -0.1) is 29.5 Å². The molecule has 0 saturated heterocycles. The minimum atomic E-state index is 0.578. The zero-order valence-electron chi connectivity index (χ0n) is 21.8. The number of aryl methyl sites for hydroxylation is 1. The monoisotopic (exact) mass is 528 g/mol. The summed E-state index contributed by atoms with van der Waals surface area (Å²) in [6.07, 6.45) is 16.8. The molecule has 9 heteroatoms. The predicted molar refractivity (Wildman–Crippen MR) is 157 cm³/mol. The van der Waals surface area contributed by atoms with Crippen LogP contribution in [0.2, 0.25) is 0 Å². The van der Waals surface area contributed by atoms with Gasteiger partial charge in [-0.05, 0) is 61.3 Å². The molecule has 0 aliphatic heterocycles. The Morgan fingerprint density at radius 3 is 2.74 bits per heavy atom. The number of allylic oxidation sites excluding steroid dienone is 1. The third-order valence-corrected chi connectivity index (χ3v) is 6.14. The lowest BCUT2D eigenvalue weighted by molar-refractivity contribution is 0.581. The summed E-state index contributed by atoms with van der Waals surface area (Å²) in [7, 11) is 1.92. The lowest BCUT2D eigenvalue weighted by Crippen LogP contribution is -2.06. The number of pyridine rings is 2. The summed E-state index contributed by atoms with van der Waals surface area (Å²) < 4.78 is 1.79. The number of nitrogens with two attached hydrogens (primary N) is 1. The van der Waals surface area contributed by atoms with Crippen LogP contribution < -0.4 is 16.4 Å². The van der Waals surface area contributed by atoms with Crippen molar-refractivity contribution < 1.29 is 0 Å². The van der Waals surface area contributed by atoms with E-state index in [-0.39, 0.29) is 0 Å². The van der Waals surface area contributed by atoms with E-state index in [9.17, 15) is 0 Å². The van der Waals surface area contributed by atoms with Gasteiger partial charge in [0.15, 0.2) is 0 Å². The number of anilines is 2. The average Bonchev–Trinajstić information content (AvgIpc) is 3.40. The lowest BCUT2D eigenvalue weighted by atomic mass is 9.99. The zero-order chi connectivity index (χ0) is 27.5. The molecule has 0 bridgehead atoms. The van der Waals surface area contributed by atoms with Crippen LogP contribution in [0.15, 0.2) is 67.4 Å². The highest BCUT2D eigenvalue weighted by Gasteiger charge is 2.13. The normalized spacial score (nSPS) is 10.4. The Bertz CT molecular complexity index is 1390. The molecule has 1 aromatic carbocycles. The predicted octanol–water partition coefficient (Wildman–Crippen LogP) is 5.06. The van der Waals surface area contributed by atoms with E-state index in [1.54, 1.807) is 10.9 Å². The molecule has 4 aromatic rings. The molecule has 0 saturated carbocycles. The number of nitrogen functional groups attached to an aromatic ring is 1. The molecule has 0 fully saturated rings. The Hall–Kier alpha value is -4.19. The van der Waals surface area contributed by atoms with Crippen LogP contribution >= 0.6 is 11.6 Å². The van der Waals surface area contributed by atoms with Crippen molar-refractivity contribution in [1.82, 2.24) is 30.3 Å². The lowest BCUT2D eigenvalue weighted by Gasteiger charge is -2.15. The molecule has 0 spiro atoms. The molecule has 0 radical (unpaired) electrons. The van der Waals surface area contributed by atoms with E-state index < -0.39 is 0 Å². The minimum absolute atomic E-state index is 0.578. The van der Waals surface area contributed by atoms with Gasteiger partial charge in [-0.2, -0.15) is 0 Å². The first-order chi connectivity index (χ1) is 18.5. The quantitative estimate of drug-likeness (QED) is 0.142. The van der Waals surface area contributed by atoms with E-state index in [0.717, 1.165) is 75.8 Å². The molecule has 0 aliphatic rings. The Morgan fingerprint density at radius 1 is 1.16 bits per heavy atom. The van der Waals surface area contributed by atoms with Gasteiger partial charge < -0.3 is 16.4 Å². The number of benzene rings is 1. The third-order valence-electron chi connectivity index (χ3n) is 5.87. The number of alkyl halides is 1. The van der Waals surface area contributed by atoms with Crippen LogP contribution in [0.4, 0.5) is 11.4 Å². The van der Waals surface area contributed by atoms with E-state index >= 15 is 0 Å². The van der Waals surface area contributed by atoms with Crippen molar-refractivity contribution in [3.05, 3.63) is 84.1 Å². The summed E-state index contributed by atoms with van der Waals surface area (Å²) in [5, 5.41) is 15.1. The summed E-state index contributed by atoms with van der Waals surface area (Å²) >= 11 is 5.79. The van der Waals surface area contributed by atoms with Gasteiger partial charge in [-0.25, -0.2) is 0 Å². The fourth-order valence-corrected chi connectivity index (χ4v) is 4.14. The van der Waals surface area contributed by atoms with Gasteiger partial charge in [0.25, 0.3) is 0 Å². The third kappa shape index (κ3) is 7.19. The maximum absolute atomic E-state index is 6.32. The Labute approximate surface area is 229 Å². The second-order valence-electron chi connectivity index (χ2n) is 8.67. The highest BCUT2D eigenvalue weighted by molar-refractivity contribution is 6.17. The van der Waals surface area contributed by atoms with E-state index in [1.807, 2.05) is 50.8 Å². The summed E-state index contributed by atoms with van der Waals surface area (Å²) in [5.41, 5.74) is 15.5. The van der Waals surface area contributed by atoms with Crippen LogP contribution in [-0.4, -0.2) is 37.9 Å². The van der Waals surface area contributed by atoms with Gasteiger partial charge in [-0.1, -0.05) is 17.9 Å². The fourth-order valence-electron chi connectivity index (χ4n) is 4.02. The van der Waals surface area contributed by atoms with E-state index in [4.69, 9.17) is 17.3 Å². The number of nitrogens with one attached hydrogen (secondary N) is 2. The molecule has 0 unspecified atom stereocenters. The van der Waals surface area contributed by atoms with Crippen LogP contribution in [0.5, 0.6) is 0 Å². The zero-order valence-corrected chi connectivity index (χ0v) is 22.5. The topological polar surface area (TPSA) is 107 Å². The average molecular weight is 529 g/mol. The highest BCUT2D eigenvalue weighted by atomic mass is 35.5. The molecule has 0 atom stereocenters. The molecule has 4 rings (SSSR count). The van der Waals surface area contributed by atoms with Crippen molar-refractivity contribution in [3.63, 3.8) is 0 Å². The number of aromatic nitrogens is 5. The van der Waals surface area contributed by atoms with Crippen molar-refractivity contribution in [2.24, 2.45) is 0 Å². The van der Waals surface area contributed by atoms with Gasteiger partial charge in [0.05, 0.1) is 11.9 Å². The van der Waals surface area contributed by atoms with E-state index in [2.05, 4.69) is 62.5 Å². The van der Waals surface area contributed by atoms with Crippen LogP contribution in [-0.2, 0) is 19.5 Å². The minimum Gasteiger partial charge on any atom is -0.398 e. The second kappa shape index (κ2) is 13.9. The maximum Gasteiger partial charge on any atom is 0.131 e. The van der Waals surface area contributed by atoms with Crippen molar-refractivity contribution in [3.8, 4) is 35.4 Å². The smallest absolute Gasteiger partial charge is 0.131 e. The maximum atomic E-state index is 6.32. The van der Waals surface area contributed by atoms with Crippen LogP contribution in [0.25, 0.3) is 22.5 Å². The Morgan fingerprint density at radius 2 is 1.97 bits per heavy atom. The molecule has 0 amide bonds. The summed E-state index contributed by atoms with van der Waals surface area (Å²) in [4.78, 5) is 8.92. The number of hydrogen-bond donors (Lipinski definition) is 3. The highest BCUT2D eigenvalue weighted by Crippen LogP contribution is 2.28. The van der Waals surface area contributed by atoms with Gasteiger partial charge in [0, 0.05) is 72.2 Å². The SMILES string of the molecule is C#C.C=C(Cc1cc(-c2cncc(CNC)c2)ccc1N)Nc1ccnc(-c2cn(CCCCl)nn2)c1C. The number of nitrogens with zero attached hydrogens (tertiary/aromatic N) is 5. The van der Waals surface area contributed by atoms with Crippen molar-refractivity contribution in [1.29, 1.82) is 0 Å². The van der Waals surface area contributed by atoms with Gasteiger partial charge in [0.1, 0.15) is 5.69 Å². The first-order valence-corrected chi connectivity index (χ1v) is 12.7. The standard InChI is InChI=1S/C27H31ClN8.C2H2/c1-18(11-22-13-21(5-6-24(22)29)23-12-20(14-30-3)15-31-16-23)33-25-7-9-32-27(19(25)2)26-17-36(35-34-26)10-4-8-28;1-2/h5-7,9,12-13,15-17,30H,1,4,8,10-11,14,29H2,2-3H3,(H,32,33);1-2H. The van der Waals surface area contributed by atoms with E-state index in [1.165, 1.54) is 0 Å². The number of terminal acetylenes is 1. The summed E-state index contributed by atoms with van der Waals surface area (Å²) in [5.74, 6) is 0.584. The van der Waals surface area contributed by atoms with Crippen molar-refractivity contribution in [2.45, 2.75) is 32.9 Å². The van der Waals surface area contributed by atoms with Gasteiger partial charge >= 0.3 is 0 Å². The van der Waals surface area contributed by atoms with Crippen molar-refractivity contribution in [2.75, 3.05) is 24.0 Å². The van der Waals surface area contributed by atoms with Gasteiger partial charge in [0.2, 0.25) is 0 Å². The molecule has 8 nitrogen and oxygen atoms in total. The number of rotatable bonds is 11. The first-order valence-electron chi connectivity index (χ1n) is 12.2. The Kier molecular flexibility index (Phi) is 10.4. The molecule has 38 heavy (non-hydrogen) atoms. The molecule has 3 aromatic heterocycles. The van der Waals surface area contributed by atoms with Crippen LogP contribution in [0, 0.1) is 19.8 Å². The van der Waals surface area contributed by atoms with Crippen molar-refractivity contribution >= 4 is 23.0 Å². The number of hydrogen-bond acceptors (Lipinski definition) is 7. The molecular formula is C29H33ClN8. The molecule has 3 heterocycles. The summed E-state index contributed by atoms with van der Waals surface area (Å²) in [6, 6.07) is 10.1.